The third-order valence-electron chi connectivity index (χ3n) is 6.89. The van der Waals surface area contributed by atoms with Gasteiger partial charge in [-0.3, -0.25) is 9.69 Å². The Morgan fingerprint density at radius 3 is 2.47 bits per heavy atom. The Morgan fingerprint density at radius 1 is 0.853 bits per heavy atom. The molecule has 4 heterocycles. The zero-order chi connectivity index (χ0) is 23.1. The van der Waals surface area contributed by atoms with Crippen molar-refractivity contribution in [3.05, 3.63) is 89.0 Å². The van der Waals surface area contributed by atoms with Crippen molar-refractivity contribution in [1.82, 2.24) is 24.8 Å². The van der Waals surface area contributed by atoms with Gasteiger partial charge in [0.15, 0.2) is 5.43 Å². The largest absolute Gasteiger partial charge is 0.361 e. The van der Waals surface area contributed by atoms with E-state index in [0.717, 1.165) is 71.5 Å². The van der Waals surface area contributed by atoms with Crippen molar-refractivity contribution in [2.75, 3.05) is 33.2 Å². The van der Waals surface area contributed by atoms with Crippen LogP contribution in [-0.2, 0) is 6.54 Å². The first-order valence-corrected chi connectivity index (χ1v) is 11.7. The second-order valence-corrected chi connectivity index (χ2v) is 9.20. The van der Waals surface area contributed by atoms with E-state index < -0.39 is 0 Å². The minimum atomic E-state index is 0.0271. The number of nitrogens with one attached hydrogen (secondary N) is 2. The Kier molecular flexibility index (Phi) is 5.24. The molecule has 6 rings (SSSR count). The molecule has 0 radical (unpaired) electrons. The van der Waals surface area contributed by atoms with Crippen LogP contribution in [0.5, 0.6) is 0 Å². The third-order valence-corrected chi connectivity index (χ3v) is 6.89. The van der Waals surface area contributed by atoms with Crippen LogP contribution in [0.25, 0.3) is 44.2 Å². The fraction of sp³-hybridized carbons (Fsp3) is 0.214. The first-order chi connectivity index (χ1) is 16.6. The van der Waals surface area contributed by atoms with Gasteiger partial charge in [0.25, 0.3) is 0 Å². The Balaban J connectivity index is 1.30. The van der Waals surface area contributed by atoms with Gasteiger partial charge in [-0.05, 0) is 41.9 Å². The highest BCUT2D eigenvalue weighted by Crippen LogP contribution is 2.32. The number of H-pyrrole nitrogens is 2. The van der Waals surface area contributed by atoms with Gasteiger partial charge in [-0.15, -0.1) is 0 Å². The quantitative estimate of drug-likeness (QED) is 0.424. The molecule has 0 atom stereocenters. The number of piperazine rings is 1. The summed E-state index contributed by atoms with van der Waals surface area (Å²) < 4.78 is 0. The minimum absolute atomic E-state index is 0.0271. The predicted molar refractivity (Wildman–Crippen MR) is 138 cm³/mol. The zero-order valence-electron chi connectivity index (χ0n) is 19.2. The van der Waals surface area contributed by atoms with E-state index in [1.807, 2.05) is 30.6 Å². The van der Waals surface area contributed by atoms with E-state index in [1.54, 1.807) is 12.3 Å². The number of likely N-dealkylation sites (N-methyl/N-ethyl adjacent to an activating group) is 1. The molecule has 6 nitrogen and oxygen atoms in total. The van der Waals surface area contributed by atoms with Crippen LogP contribution in [0.15, 0.2) is 78.0 Å². The standard InChI is InChI=1S/C28H27N5O/c1-32-10-12-33(13-11-32)18-19-2-4-20(5-3-19)22-14-24-25(17-31-28(24)30-16-22)21-6-7-23-26(15-21)29-9-8-27(23)34/h2-9,14-17H,10-13,18H2,1H3,(H,29,34)(H,30,31). The molecule has 0 aliphatic carbocycles. The van der Waals surface area contributed by atoms with Gasteiger partial charge >= 0.3 is 0 Å². The molecule has 0 unspecified atom stereocenters. The molecule has 6 heteroatoms. The lowest BCUT2D eigenvalue weighted by atomic mass is 10.0. The van der Waals surface area contributed by atoms with E-state index in [-0.39, 0.29) is 5.43 Å². The molecule has 0 saturated carbocycles. The van der Waals surface area contributed by atoms with E-state index >= 15 is 0 Å². The van der Waals surface area contributed by atoms with Crippen LogP contribution < -0.4 is 5.43 Å². The summed E-state index contributed by atoms with van der Waals surface area (Å²) in [6.45, 7) is 5.51. The Morgan fingerprint density at radius 2 is 1.65 bits per heavy atom. The van der Waals surface area contributed by atoms with Gasteiger partial charge in [-0.2, -0.15) is 0 Å². The average molecular weight is 450 g/mol. The molecule has 5 aromatic rings. The summed E-state index contributed by atoms with van der Waals surface area (Å²) in [6.07, 6.45) is 5.61. The number of nitrogens with zero attached hydrogens (tertiary/aromatic N) is 3. The topological polar surface area (TPSA) is 68.0 Å². The molecule has 3 aromatic heterocycles. The summed E-state index contributed by atoms with van der Waals surface area (Å²) in [7, 11) is 2.19. The fourth-order valence-electron chi connectivity index (χ4n) is 4.81. The monoisotopic (exact) mass is 449 g/mol. The third kappa shape index (κ3) is 3.91. The molecule has 0 bridgehead atoms. The number of fused-ring (bicyclic) bond motifs is 2. The van der Waals surface area contributed by atoms with Crippen molar-refractivity contribution in [2.45, 2.75) is 6.54 Å². The summed E-state index contributed by atoms with van der Waals surface area (Å²) in [5, 5.41) is 1.76. The van der Waals surface area contributed by atoms with Crippen LogP contribution >= 0.6 is 0 Å². The van der Waals surface area contributed by atoms with Crippen LogP contribution in [0.2, 0.25) is 0 Å². The molecule has 170 valence electrons. The molecule has 2 aromatic carbocycles. The lowest BCUT2D eigenvalue weighted by molar-refractivity contribution is 0.148. The van der Waals surface area contributed by atoms with Gasteiger partial charge in [0.2, 0.25) is 0 Å². The molecule has 2 N–H and O–H groups in total. The Bertz CT molecular complexity index is 1520. The normalized spacial score (nSPS) is 15.3. The number of benzene rings is 2. The maximum absolute atomic E-state index is 12.1. The van der Waals surface area contributed by atoms with Gasteiger partial charge in [0, 0.05) is 84.8 Å². The van der Waals surface area contributed by atoms with Gasteiger partial charge in [-0.1, -0.05) is 30.3 Å². The maximum atomic E-state index is 12.1. The van der Waals surface area contributed by atoms with Crippen LogP contribution in [-0.4, -0.2) is 58.0 Å². The van der Waals surface area contributed by atoms with Crippen molar-refractivity contribution in [3.63, 3.8) is 0 Å². The lowest BCUT2D eigenvalue weighted by Crippen LogP contribution is -2.43. The van der Waals surface area contributed by atoms with E-state index in [2.05, 4.69) is 62.1 Å². The molecule has 1 aliphatic rings. The molecular formula is C28H27N5O. The minimum Gasteiger partial charge on any atom is -0.361 e. The highest BCUT2D eigenvalue weighted by atomic mass is 16.1. The molecule has 0 spiro atoms. The predicted octanol–water partition coefficient (Wildman–Crippen LogP) is 4.49. The van der Waals surface area contributed by atoms with Gasteiger partial charge in [0.05, 0.1) is 0 Å². The second-order valence-electron chi connectivity index (χ2n) is 9.20. The second kappa shape index (κ2) is 8.56. The van der Waals surface area contributed by atoms with E-state index in [9.17, 15) is 4.79 Å². The SMILES string of the molecule is CN1CCN(Cc2ccc(-c3cnc4[nH]cc(-c5ccc6c(=O)cc[nH]c6c5)c4c3)cc2)CC1. The van der Waals surface area contributed by atoms with Gasteiger partial charge < -0.3 is 14.9 Å². The molecule has 0 amide bonds. The van der Waals surface area contributed by atoms with E-state index in [0.29, 0.717) is 5.39 Å². The lowest BCUT2D eigenvalue weighted by Gasteiger charge is -2.32. The number of pyridine rings is 2. The maximum Gasteiger partial charge on any atom is 0.189 e. The summed E-state index contributed by atoms with van der Waals surface area (Å²) in [4.78, 5) is 28.2. The Hall–Kier alpha value is -3.74. The van der Waals surface area contributed by atoms with Crippen LogP contribution in [0, 0.1) is 0 Å². The van der Waals surface area contributed by atoms with Crippen molar-refractivity contribution in [2.24, 2.45) is 0 Å². The van der Waals surface area contributed by atoms with Crippen LogP contribution in [0.4, 0.5) is 0 Å². The highest BCUT2D eigenvalue weighted by molar-refractivity contribution is 5.97. The molecule has 1 saturated heterocycles. The number of rotatable bonds is 4. The average Bonchev–Trinajstić information content (AvgIpc) is 3.29. The molecular weight excluding hydrogens is 422 g/mol. The van der Waals surface area contributed by atoms with Gasteiger partial charge in [0.1, 0.15) is 5.65 Å². The summed E-state index contributed by atoms with van der Waals surface area (Å²) in [6, 6.07) is 18.5. The first kappa shape index (κ1) is 20.8. The van der Waals surface area contributed by atoms with E-state index in [4.69, 9.17) is 0 Å². The first-order valence-electron chi connectivity index (χ1n) is 11.7. The van der Waals surface area contributed by atoms with Crippen LogP contribution in [0.3, 0.4) is 0 Å². The molecule has 34 heavy (non-hydrogen) atoms. The van der Waals surface area contributed by atoms with Gasteiger partial charge in [-0.25, -0.2) is 4.98 Å². The smallest absolute Gasteiger partial charge is 0.189 e. The van der Waals surface area contributed by atoms with Crippen LogP contribution in [0.1, 0.15) is 5.56 Å². The molecule has 1 fully saturated rings. The number of hydrogen-bond acceptors (Lipinski definition) is 4. The fourth-order valence-corrected chi connectivity index (χ4v) is 4.81. The number of aromatic amines is 2. The molecule has 1 aliphatic heterocycles. The zero-order valence-corrected chi connectivity index (χ0v) is 19.2. The van der Waals surface area contributed by atoms with Crippen molar-refractivity contribution < 1.29 is 0 Å². The summed E-state index contributed by atoms with van der Waals surface area (Å²) >= 11 is 0. The number of aromatic nitrogens is 3. The summed E-state index contributed by atoms with van der Waals surface area (Å²) in [5.74, 6) is 0. The van der Waals surface area contributed by atoms with E-state index in [1.165, 1.54) is 5.56 Å². The Labute approximate surface area is 197 Å². The highest BCUT2D eigenvalue weighted by Gasteiger charge is 2.14. The number of hydrogen-bond donors (Lipinski definition) is 2. The van der Waals surface area contributed by atoms with Crippen molar-refractivity contribution >= 4 is 21.9 Å². The van der Waals surface area contributed by atoms with Crippen molar-refractivity contribution in [3.8, 4) is 22.3 Å². The summed E-state index contributed by atoms with van der Waals surface area (Å²) in [5.41, 5.74) is 7.42. The van der Waals surface area contributed by atoms with Crippen molar-refractivity contribution in [1.29, 1.82) is 0 Å².